The summed E-state index contributed by atoms with van der Waals surface area (Å²) in [7, 11) is 0. The molecule has 2 aliphatic heterocycles. The van der Waals surface area contributed by atoms with Crippen LogP contribution in [0.15, 0.2) is 12.2 Å². The first-order valence-corrected chi connectivity index (χ1v) is 7.74. The van der Waals surface area contributed by atoms with Crippen LogP contribution in [0.1, 0.15) is 47.0 Å². The Morgan fingerprint density at radius 1 is 1.24 bits per heavy atom. The molecule has 5 heteroatoms. The van der Waals surface area contributed by atoms with Crippen LogP contribution in [0.4, 0.5) is 4.79 Å². The smallest absolute Gasteiger partial charge is 0.424 e. The summed E-state index contributed by atoms with van der Waals surface area (Å²) < 4.78 is 10.3. The van der Waals surface area contributed by atoms with Gasteiger partial charge in [-0.05, 0) is 64.0 Å². The fourth-order valence-corrected chi connectivity index (χ4v) is 3.42. The highest BCUT2D eigenvalue weighted by Gasteiger charge is 2.47. The molecule has 0 aromatic heterocycles. The maximum Gasteiger partial charge on any atom is 0.509 e. The monoisotopic (exact) mass is 296 g/mol. The van der Waals surface area contributed by atoms with Gasteiger partial charge in [0.15, 0.2) is 11.7 Å². The van der Waals surface area contributed by atoms with E-state index >= 15 is 0 Å². The molecule has 3 rings (SSSR count). The van der Waals surface area contributed by atoms with Crippen LogP contribution in [0.3, 0.4) is 0 Å². The molecule has 2 heterocycles. The summed E-state index contributed by atoms with van der Waals surface area (Å²) >= 11 is 0. The number of cyclic esters (lactones) is 2. The molecule has 21 heavy (non-hydrogen) atoms. The van der Waals surface area contributed by atoms with Crippen molar-refractivity contribution < 1.29 is 24.0 Å². The van der Waals surface area contributed by atoms with E-state index in [0.717, 1.165) is 19.3 Å². The standard InChI is InChI=1S/C16H24O5/c1-10-5-6-11-9-12(10)20-21-16(11,4)8-7-13-15(2,3)19-14(17)18-13/h7-8,10-13H,5-6,9H2,1-4H3/b8-7+/t10-,11+,12+,13-,16-/m1/s1. The average Bonchev–Trinajstić information content (AvgIpc) is 2.67. The number of carbonyl (C=O) groups is 1. The van der Waals surface area contributed by atoms with Gasteiger partial charge in [0.2, 0.25) is 0 Å². The third-order valence-corrected chi connectivity index (χ3v) is 5.14. The first-order chi connectivity index (χ1) is 9.80. The minimum Gasteiger partial charge on any atom is -0.424 e. The molecule has 5 nitrogen and oxygen atoms in total. The van der Waals surface area contributed by atoms with Crippen molar-refractivity contribution in [2.45, 2.75) is 70.4 Å². The zero-order valence-electron chi connectivity index (χ0n) is 13.1. The highest BCUT2D eigenvalue weighted by atomic mass is 17.2. The molecule has 0 spiro atoms. The lowest BCUT2D eigenvalue weighted by Gasteiger charge is -2.46. The number of hydrogen-bond acceptors (Lipinski definition) is 5. The summed E-state index contributed by atoms with van der Waals surface area (Å²) in [5, 5.41) is 0. The van der Waals surface area contributed by atoms with Crippen LogP contribution >= 0.6 is 0 Å². The van der Waals surface area contributed by atoms with Crippen molar-refractivity contribution in [2.24, 2.45) is 11.8 Å². The van der Waals surface area contributed by atoms with Crippen LogP contribution in [0.2, 0.25) is 0 Å². The summed E-state index contributed by atoms with van der Waals surface area (Å²) in [6.07, 6.45) is 6.34. The number of carbonyl (C=O) groups excluding carboxylic acids is 1. The lowest BCUT2D eigenvalue weighted by molar-refractivity contribution is -0.421. The van der Waals surface area contributed by atoms with E-state index < -0.39 is 23.5 Å². The molecule has 2 saturated heterocycles. The molecule has 0 aromatic rings. The second-order valence-electron chi connectivity index (χ2n) is 7.24. The summed E-state index contributed by atoms with van der Waals surface area (Å²) in [4.78, 5) is 22.5. The molecule has 3 aliphatic rings. The Morgan fingerprint density at radius 2 is 2.00 bits per heavy atom. The highest BCUT2D eigenvalue weighted by molar-refractivity contribution is 5.63. The number of fused-ring (bicyclic) bond motifs is 2. The molecule has 3 fully saturated rings. The van der Waals surface area contributed by atoms with Gasteiger partial charge in [-0.2, -0.15) is 0 Å². The van der Waals surface area contributed by atoms with Crippen LogP contribution in [0.5, 0.6) is 0 Å². The lowest BCUT2D eigenvalue weighted by Crippen LogP contribution is -2.49. The second kappa shape index (κ2) is 4.99. The van der Waals surface area contributed by atoms with Crippen molar-refractivity contribution in [3.8, 4) is 0 Å². The third kappa shape index (κ3) is 2.69. The topological polar surface area (TPSA) is 54.0 Å². The largest absolute Gasteiger partial charge is 0.509 e. The van der Waals surface area contributed by atoms with Crippen molar-refractivity contribution in [1.82, 2.24) is 0 Å². The molecule has 0 unspecified atom stereocenters. The Labute approximate surface area is 125 Å². The molecular weight excluding hydrogens is 272 g/mol. The number of rotatable bonds is 2. The van der Waals surface area contributed by atoms with Crippen LogP contribution in [-0.2, 0) is 19.2 Å². The van der Waals surface area contributed by atoms with Crippen molar-refractivity contribution in [3.63, 3.8) is 0 Å². The summed E-state index contributed by atoms with van der Waals surface area (Å²) in [5.41, 5.74) is -1.12. The first kappa shape index (κ1) is 14.9. The van der Waals surface area contributed by atoms with Crippen molar-refractivity contribution >= 4 is 6.16 Å². The summed E-state index contributed by atoms with van der Waals surface area (Å²) in [6.45, 7) is 7.92. The molecule has 1 aliphatic carbocycles. The molecule has 0 radical (unpaired) electrons. The average molecular weight is 296 g/mol. The van der Waals surface area contributed by atoms with Crippen LogP contribution in [-0.4, -0.2) is 29.6 Å². The fourth-order valence-electron chi connectivity index (χ4n) is 3.42. The van der Waals surface area contributed by atoms with Gasteiger partial charge >= 0.3 is 6.16 Å². The van der Waals surface area contributed by atoms with Gasteiger partial charge in [0.25, 0.3) is 0 Å². The van der Waals surface area contributed by atoms with Crippen LogP contribution in [0, 0.1) is 11.8 Å². The van der Waals surface area contributed by atoms with E-state index in [1.54, 1.807) is 0 Å². The second-order valence-corrected chi connectivity index (χ2v) is 7.24. The Morgan fingerprint density at radius 3 is 2.67 bits per heavy atom. The third-order valence-electron chi connectivity index (χ3n) is 5.14. The Kier molecular flexibility index (Phi) is 3.53. The number of ether oxygens (including phenoxy) is 2. The molecule has 118 valence electrons. The van der Waals surface area contributed by atoms with Gasteiger partial charge in [0, 0.05) is 0 Å². The van der Waals surface area contributed by atoms with Crippen molar-refractivity contribution in [3.05, 3.63) is 12.2 Å². The predicted molar refractivity (Wildman–Crippen MR) is 75.4 cm³/mol. The van der Waals surface area contributed by atoms with E-state index in [4.69, 9.17) is 19.2 Å². The predicted octanol–water partition coefficient (Wildman–Crippen LogP) is 3.38. The van der Waals surface area contributed by atoms with Gasteiger partial charge < -0.3 is 9.47 Å². The SMILES string of the molecule is C[C@@H]1CC[C@H]2C[C@@H]1OO[C@]2(C)/C=C/[C@H]1OC(=O)OC1(C)C. The maximum absolute atomic E-state index is 11.3. The zero-order valence-corrected chi connectivity index (χ0v) is 13.1. The first-order valence-electron chi connectivity index (χ1n) is 7.74. The molecule has 5 atom stereocenters. The van der Waals surface area contributed by atoms with Gasteiger partial charge in [0.05, 0.1) is 6.10 Å². The number of hydrogen-bond donors (Lipinski definition) is 0. The summed E-state index contributed by atoms with van der Waals surface area (Å²) in [5.74, 6) is 0.989. The highest BCUT2D eigenvalue weighted by Crippen LogP contribution is 2.44. The van der Waals surface area contributed by atoms with E-state index in [1.807, 2.05) is 32.9 Å². The van der Waals surface area contributed by atoms with Crippen LogP contribution < -0.4 is 0 Å². The van der Waals surface area contributed by atoms with Gasteiger partial charge in [-0.25, -0.2) is 14.6 Å². The van der Waals surface area contributed by atoms with E-state index in [-0.39, 0.29) is 6.10 Å². The Hall–Kier alpha value is -1.07. The fraction of sp³-hybridized carbons (Fsp3) is 0.812. The molecule has 0 N–H and O–H groups in total. The lowest BCUT2D eigenvalue weighted by atomic mass is 9.72. The van der Waals surface area contributed by atoms with Gasteiger partial charge in [-0.15, -0.1) is 0 Å². The minimum atomic E-state index is -0.650. The molecular formula is C16H24O5. The molecule has 1 saturated carbocycles. The quantitative estimate of drug-likeness (QED) is 0.444. The van der Waals surface area contributed by atoms with Gasteiger partial charge in [-0.3, -0.25) is 0 Å². The Bertz CT molecular complexity index is 458. The zero-order chi connectivity index (χ0) is 15.3. The van der Waals surface area contributed by atoms with Gasteiger partial charge in [-0.1, -0.05) is 6.92 Å². The molecule has 0 amide bonds. The van der Waals surface area contributed by atoms with Crippen molar-refractivity contribution in [1.29, 1.82) is 0 Å². The van der Waals surface area contributed by atoms with E-state index in [1.165, 1.54) is 0 Å². The van der Waals surface area contributed by atoms with E-state index in [2.05, 4.69) is 6.92 Å². The summed E-state index contributed by atoms with van der Waals surface area (Å²) in [6, 6.07) is 0. The molecule has 2 bridgehead atoms. The maximum atomic E-state index is 11.3. The van der Waals surface area contributed by atoms with E-state index in [0.29, 0.717) is 11.8 Å². The Balaban J connectivity index is 1.72. The van der Waals surface area contributed by atoms with Crippen LogP contribution in [0.25, 0.3) is 0 Å². The van der Waals surface area contributed by atoms with E-state index in [9.17, 15) is 4.79 Å². The normalized spacial score (nSPS) is 45.4. The molecule has 0 aromatic carbocycles. The minimum absolute atomic E-state index is 0.203. The van der Waals surface area contributed by atoms with Crippen molar-refractivity contribution in [2.75, 3.05) is 0 Å². The van der Waals surface area contributed by atoms with Gasteiger partial charge in [0.1, 0.15) is 5.60 Å².